The average Bonchev–Trinajstić information content (AvgIpc) is 2.60. The van der Waals surface area contributed by atoms with Gasteiger partial charge in [-0.15, -0.1) is 0 Å². The summed E-state index contributed by atoms with van der Waals surface area (Å²) in [5.74, 6) is -0.439. The van der Waals surface area contributed by atoms with Crippen molar-refractivity contribution in [3.05, 3.63) is 29.6 Å². The third kappa shape index (κ3) is 3.35. The van der Waals surface area contributed by atoms with Crippen LogP contribution in [-0.4, -0.2) is 38.0 Å². The van der Waals surface area contributed by atoms with Crippen LogP contribution < -0.4 is 10.6 Å². The molecule has 2 rings (SSSR count). The van der Waals surface area contributed by atoms with Crippen LogP contribution in [0.15, 0.2) is 18.2 Å². The van der Waals surface area contributed by atoms with Crippen LogP contribution in [0.5, 0.6) is 0 Å². The molecule has 1 aromatic carbocycles. The lowest BCUT2D eigenvalue weighted by molar-refractivity contribution is -0.117. The molecule has 1 atom stereocenters. The summed E-state index contributed by atoms with van der Waals surface area (Å²) in [4.78, 5) is 14.1. The van der Waals surface area contributed by atoms with Crippen LogP contribution in [0.2, 0.25) is 0 Å². The second-order valence-electron chi connectivity index (χ2n) is 6.44. The molecule has 0 fully saturated rings. The molecule has 0 aromatic heterocycles. The van der Waals surface area contributed by atoms with Gasteiger partial charge in [0.25, 0.3) is 0 Å². The smallest absolute Gasteiger partial charge is 0.246 e. The minimum Gasteiger partial charge on any atom is -0.324 e. The third-order valence-electron chi connectivity index (χ3n) is 3.37. The van der Waals surface area contributed by atoms with Crippen molar-refractivity contribution < 1.29 is 9.18 Å². The van der Waals surface area contributed by atoms with Gasteiger partial charge in [0.2, 0.25) is 5.91 Å². The molecule has 5 heteroatoms. The van der Waals surface area contributed by atoms with Gasteiger partial charge in [0.05, 0.1) is 0 Å². The van der Waals surface area contributed by atoms with E-state index in [1.165, 1.54) is 12.1 Å². The van der Waals surface area contributed by atoms with E-state index < -0.39 is 6.04 Å². The van der Waals surface area contributed by atoms with E-state index in [0.29, 0.717) is 17.8 Å². The number of benzene rings is 1. The predicted octanol–water partition coefficient (Wildman–Crippen LogP) is 2.00. The molecule has 0 aliphatic carbocycles. The van der Waals surface area contributed by atoms with Crippen molar-refractivity contribution in [2.24, 2.45) is 5.41 Å². The first-order valence-corrected chi connectivity index (χ1v) is 6.77. The summed E-state index contributed by atoms with van der Waals surface area (Å²) in [5, 5.41) is 6.03. The number of carbonyl (C=O) groups excluding carboxylic acids is 1. The van der Waals surface area contributed by atoms with Gasteiger partial charge in [-0.3, -0.25) is 4.79 Å². The van der Waals surface area contributed by atoms with Crippen molar-refractivity contribution in [1.29, 1.82) is 0 Å². The van der Waals surface area contributed by atoms with E-state index in [2.05, 4.69) is 29.4 Å². The van der Waals surface area contributed by atoms with Crippen LogP contribution in [0.25, 0.3) is 0 Å². The highest BCUT2D eigenvalue weighted by Crippen LogP contribution is 2.31. The van der Waals surface area contributed by atoms with Gasteiger partial charge in [0, 0.05) is 24.3 Å². The van der Waals surface area contributed by atoms with Crippen molar-refractivity contribution in [3.63, 3.8) is 0 Å². The van der Waals surface area contributed by atoms with Gasteiger partial charge in [-0.1, -0.05) is 13.8 Å². The van der Waals surface area contributed by atoms with Crippen molar-refractivity contribution in [3.8, 4) is 0 Å². The van der Waals surface area contributed by atoms with Crippen molar-refractivity contribution in [1.82, 2.24) is 10.2 Å². The molecular weight excluding hydrogens is 257 g/mol. The molecule has 1 aliphatic rings. The average molecular weight is 279 g/mol. The van der Waals surface area contributed by atoms with Crippen LogP contribution in [0, 0.1) is 11.2 Å². The van der Waals surface area contributed by atoms with Gasteiger partial charge in [-0.05, 0) is 37.7 Å². The number of fused-ring (bicyclic) bond motifs is 1. The maximum atomic E-state index is 13.3. The summed E-state index contributed by atoms with van der Waals surface area (Å²) in [6.45, 7) is 5.86. The summed E-state index contributed by atoms with van der Waals surface area (Å²) in [7, 11) is 4.05. The Morgan fingerprint density at radius 1 is 1.40 bits per heavy atom. The Bertz CT molecular complexity index is 514. The van der Waals surface area contributed by atoms with Gasteiger partial charge >= 0.3 is 0 Å². The molecule has 20 heavy (non-hydrogen) atoms. The van der Waals surface area contributed by atoms with Crippen LogP contribution in [0.1, 0.15) is 25.5 Å². The summed E-state index contributed by atoms with van der Waals surface area (Å²) in [6.07, 6.45) is 0. The van der Waals surface area contributed by atoms with Crippen LogP contribution in [-0.2, 0) is 4.79 Å². The highest BCUT2D eigenvalue weighted by molar-refractivity contribution is 6.02. The molecule has 110 valence electrons. The molecule has 2 N–H and O–H groups in total. The molecular formula is C15H22FN3O. The van der Waals surface area contributed by atoms with Gasteiger partial charge in [0.15, 0.2) is 0 Å². The van der Waals surface area contributed by atoms with E-state index in [0.717, 1.165) is 6.54 Å². The van der Waals surface area contributed by atoms with Crippen molar-refractivity contribution in [2.45, 2.75) is 19.9 Å². The molecule has 1 unspecified atom stereocenters. The lowest BCUT2D eigenvalue weighted by atomic mass is 9.92. The second-order valence-corrected chi connectivity index (χ2v) is 6.44. The largest absolute Gasteiger partial charge is 0.324 e. The van der Waals surface area contributed by atoms with E-state index in [4.69, 9.17) is 0 Å². The highest BCUT2D eigenvalue weighted by atomic mass is 19.1. The fourth-order valence-corrected chi connectivity index (χ4v) is 2.73. The molecule has 1 heterocycles. The summed E-state index contributed by atoms with van der Waals surface area (Å²) in [6, 6.07) is 3.92. The third-order valence-corrected chi connectivity index (χ3v) is 3.37. The molecule has 1 aliphatic heterocycles. The molecule has 0 spiro atoms. The Hall–Kier alpha value is -1.46. The Labute approximate surface area is 119 Å². The Morgan fingerprint density at radius 3 is 2.75 bits per heavy atom. The van der Waals surface area contributed by atoms with Crippen molar-refractivity contribution >= 4 is 11.6 Å². The Balaban J connectivity index is 2.08. The molecule has 1 amide bonds. The summed E-state index contributed by atoms with van der Waals surface area (Å²) >= 11 is 0. The fourth-order valence-electron chi connectivity index (χ4n) is 2.73. The first-order valence-electron chi connectivity index (χ1n) is 6.77. The molecule has 0 saturated carbocycles. The topological polar surface area (TPSA) is 44.4 Å². The maximum Gasteiger partial charge on any atom is 0.246 e. The van der Waals surface area contributed by atoms with E-state index >= 15 is 0 Å². The zero-order valence-corrected chi connectivity index (χ0v) is 12.5. The fraction of sp³-hybridized carbons (Fsp3) is 0.533. The maximum absolute atomic E-state index is 13.3. The number of carbonyl (C=O) groups is 1. The van der Waals surface area contributed by atoms with Crippen LogP contribution in [0.4, 0.5) is 10.1 Å². The molecule has 4 nitrogen and oxygen atoms in total. The lowest BCUT2D eigenvalue weighted by Gasteiger charge is -2.29. The minimum absolute atomic E-state index is 0.0276. The van der Waals surface area contributed by atoms with Gasteiger partial charge in [0.1, 0.15) is 11.9 Å². The zero-order chi connectivity index (χ0) is 14.9. The number of anilines is 1. The summed E-state index contributed by atoms with van der Waals surface area (Å²) < 4.78 is 13.3. The number of rotatable bonds is 5. The van der Waals surface area contributed by atoms with E-state index in [1.807, 2.05) is 14.1 Å². The van der Waals surface area contributed by atoms with Gasteiger partial charge < -0.3 is 15.5 Å². The number of nitrogens with zero attached hydrogens (tertiary/aromatic N) is 1. The van der Waals surface area contributed by atoms with Gasteiger partial charge in [-0.2, -0.15) is 0 Å². The summed E-state index contributed by atoms with van der Waals surface area (Å²) in [5.41, 5.74) is 1.41. The number of hydrogen-bond acceptors (Lipinski definition) is 3. The standard InChI is InChI=1S/C15H22FN3O/c1-15(2,9-19(3)4)8-17-13-11-7-10(16)5-6-12(11)18-14(13)20/h5-7,13,17H,8-9H2,1-4H3,(H,18,20). The molecule has 0 saturated heterocycles. The second kappa shape index (κ2) is 5.50. The number of nitrogens with one attached hydrogen (secondary N) is 2. The van der Waals surface area contributed by atoms with E-state index in [9.17, 15) is 9.18 Å². The SMILES string of the molecule is CN(C)CC(C)(C)CNC1C(=O)Nc2ccc(F)cc21. The Morgan fingerprint density at radius 2 is 2.10 bits per heavy atom. The van der Waals surface area contributed by atoms with Gasteiger partial charge in [-0.25, -0.2) is 4.39 Å². The predicted molar refractivity (Wildman–Crippen MR) is 78.1 cm³/mol. The number of hydrogen-bond donors (Lipinski definition) is 2. The Kier molecular flexibility index (Phi) is 4.11. The normalized spacial score (nSPS) is 18.3. The molecule has 1 aromatic rings. The minimum atomic E-state index is -0.470. The number of halogens is 1. The quantitative estimate of drug-likeness (QED) is 0.866. The first kappa shape index (κ1) is 14.9. The van der Waals surface area contributed by atoms with E-state index in [-0.39, 0.29) is 17.1 Å². The van der Waals surface area contributed by atoms with Crippen LogP contribution >= 0.6 is 0 Å². The zero-order valence-electron chi connectivity index (χ0n) is 12.5. The highest BCUT2D eigenvalue weighted by Gasteiger charge is 2.32. The van der Waals surface area contributed by atoms with Crippen molar-refractivity contribution in [2.75, 3.05) is 32.5 Å². The number of amides is 1. The van der Waals surface area contributed by atoms with Crippen LogP contribution in [0.3, 0.4) is 0 Å². The lowest BCUT2D eigenvalue weighted by Crippen LogP contribution is -2.40. The molecule has 0 bridgehead atoms. The first-order chi connectivity index (χ1) is 9.28. The van der Waals surface area contributed by atoms with E-state index in [1.54, 1.807) is 6.07 Å². The molecule has 0 radical (unpaired) electrons. The monoisotopic (exact) mass is 279 g/mol.